The predicted molar refractivity (Wildman–Crippen MR) is 127 cm³/mol. The number of likely N-dealkylation sites (N-methyl/N-ethyl adjacent to an activating group) is 2. The van der Waals surface area contributed by atoms with Crippen LogP contribution in [0, 0.1) is 6.92 Å². The van der Waals surface area contributed by atoms with Gasteiger partial charge in [0.05, 0.1) is 13.1 Å². The molecule has 32 heavy (non-hydrogen) atoms. The number of hydrogen-bond acceptors (Lipinski definition) is 5. The molecule has 0 spiro atoms. The number of carbonyl (C=O) groups is 1. The minimum Gasteiger partial charge on any atom is -0.383 e. The second-order valence-corrected chi connectivity index (χ2v) is 7.80. The second kappa shape index (κ2) is 10.1. The van der Waals surface area contributed by atoms with Crippen LogP contribution < -0.4 is 21.9 Å². The van der Waals surface area contributed by atoms with E-state index in [1.807, 2.05) is 73.5 Å². The van der Waals surface area contributed by atoms with Crippen molar-refractivity contribution in [3.05, 3.63) is 92.1 Å². The molecule has 1 aromatic heterocycles. The Labute approximate surface area is 186 Å². The van der Waals surface area contributed by atoms with Crippen molar-refractivity contribution >= 4 is 17.4 Å². The smallest absolute Gasteiger partial charge is 0.330 e. The van der Waals surface area contributed by atoms with Crippen LogP contribution in [0.2, 0.25) is 0 Å². The van der Waals surface area contributed by atoms with Crippen LogP contribution in [0.3, 0.4) is 0 Å². The van der Waals surface area contributed by atoms with Crippen LogP contribution in [0.25, 0.3) is 0 Å². The molecule has 0 saturated carbocycles. The number of aromatic amines is 1. The summed E-state index contributed by atoms with van der Waals surface area (Å²) in [6, 6.07) is 17.3. The zero-order valence-electron chi connectivity index (χ0n) is 18.7. The molecule has 168 valence electrons. The number of rotatable bonds is 8. The molecule has 3 rings (SSSR count). The lowest BCUT2D eigenvalue weighted by atomic mass is 10.1. The molecule has 8 nitrogen and oxygen atoms in total. The molecule has 3 N–H and O–H groups in total. The van der Waals surface area contributed by atoms with Crippen molar-refractivity contribution in [2.45, 2.75) is 26.9 Å². The van der Waals surface area contributed by atoms with E-state index in [9.17, 15) is 14.4 Å². The number of aryl methyl sites for hydroxylation is 1. The summed E-state index contributed by atoms with van der Waals surface area (Å²) in [4.78, 5) is 43.7. The predicted octanol–water partition coefficient (Wildman–Crippen LogP) is 1.96. The molecule has 0 bridgehead atoms. The van der Waals surface area contributed by atoms with E-state index in [0.717, 1.165) is 16.7 Å². The monoisotopic (exact) mass is 435 g/mol. The quantitative estimate of drug-likeness (QED) is 0.563. The van der Waals surface area contributed by atoms with Crippen molar-refractivity contribution in [2.24, 2.45) is 0 Å². The van der Waals surface area contributed by atoms with Gasteiger partial charge in [0.15, 0.2) is 5.69 Å². The molecule has 0 aliphatic carbocycles. The maximum atomic E-state index is 13.1. The number of anilines is 2. The molecule has 3 aromatic rings. The SMILES string of the molecule is CCN(C(=O)CN(C)Cc1ccccc1C)c1c(N)n(Cc2ccccc2)c(=O)[nH]c1=O. The molecule has 0 aliphatic heterocycles. The Hall–Kier alpha value is -3.65. The summed E-state index contributed by atoms with van der Waals surface area (Å²) in [6.45, 7) is 4.92. The third kappa shape index (κ3) is 5.15. The van der Waals surface area contributed by atoms with Crippen molar-refractivity contribution in [1.29, 1.82) is 0 Å². The zero-order chi connectivity index (χ0) is 23.3. The Morgan fingerprint density at radius 2 is 1.72 bits per heavy atom. The fraction of sp³-hybridized carbons (Fsp3) is 0.292. The number of aromatic nitrogens is 2. The minimum absolute atomic E-state index is 0.00248. The van der Waals surface area contributed by atoms with Crippen LogP contribution >= 0.6 is 0 Å². The molecule has 0 fully saturated rings. The summed E-state index contributed by atoms with van der Waals surface area (Å²) in [5.74, 6) is -0.301. The van der Waals surface area contributed by atoms with Gasteiger partial charge in [0.2, 0.25) is 5.91 Å². The van der Waals surface area contributed by atoms with Crippen molar-refractivity contribution in [3.63, 3.8) is 0 Å². The number of H-pyrrole nitrogens is 1. The molecule has 8 heteroatoms. The van der Waals surface area contributed by atoms with Gasteiger partial charge >= 0.3 is 5.69 Å². The largest absolute Gasteiger partial charge is 0.383 e. The minimum atomic E-state index is -0.673. The second-order valence-electron chi connectivity index (χ2n) is 7.80. The number of nitrogens with one attached hydrogen (secondary N) is 1. The first-order valence-electron chi connectivity index (χ1n) is 10.5. The summed E-state index contributed by atoms with van der Waals surface area (Å²) < 4.78 is 1.28. The van der Waals surface area contributed by atoms with Gasteiger partial charge in [-0.25, -0.2) is 4.79 Å². The molecule has 1 heterocycles. The molecule has 0 unspecified atom stereocenters. The van der Waals surface area contributed by atoms with Gasteiger partial charge in [0.1, 0.15) is 5.82 Å². The molecule has 0 radical (unpaired) electrons. The zero-order valence-corrected chi connectivity index (χ0v) is 18.7. The first-order valence-corrected chi connectivity index (χ1v) is 10.5. The van der Waals surface area contributed by atoms with Gasteiger partial charge < -0.3 is 10.6 Å². The Bertz CT molecular complexity index is 1200. The molecule has 0 aliphatic rings. The van der Waals surface area contributed by atoms with Crippen LogP contribution in [0.15, 0.2) is 64.2 Å². The van der Waals surface area contributed by atoms with Gasteiger partial charge in [0.25, 0.3) is 5.56 Å². The van der Waals surface area contributed by atoms with E-state index in [-0.39, 0.29) is 37.0 Å². The lowest BCUT2D eigenvalue weighted by Gasteiger charge is -2.26. The number of amides is 1. The summed E-state index contributed by atoms with van der Waals surface area (Å²) in [5.41, 5.74) is 8.09. The maximum Gasteiger partial charge on any atom is 0.330 e. The Morgan fingerprint density at radius 3 is 2.38 bits per heavy atom. The van der Waals surface area contributed by atoms with E-state index in [2.05, 4.69) is 4.98 Å². The van der Waals surface area contributed by atoms with Gasteiger partial charge in [-0.15, -0.1) is 0 Å². The van der Waals surface area contributed by atoms with E-state index in [1.54, 1.807) is 6.92 Å². The van der Waals surface area contributed by atoms with E-state index in [4.69, 9.17) is 5.73 Å². The van der Waals surface area contributed by atoms with E-state index < -0.39 is 11.2 Å². The van der Waals surface area contributed by atoms with Crippen molar-refractivity contribution < 1.29 is 4.79 Å². The lowest BCUT2D eigenvalue weighted by Crippen LogP contribution is -2.44. The summed E-state index contributed by atoms with van der Waals surface area (Å²) in [5, 5.41) is 0. The third-order valence-corrected chi connectivity index (χ3v) is 5.39. The lowest BCUT2D eigenvalue weighted by molar-refractivity contribution is -0.119. The molecular formula is C24H29N5O3. The van der Waals surface area contributed by atoms with Crippen LogP contribution in [0.5, 0.6) is 0 Å². The van der Waals surface area contributed by atoms with Gasteiger partial charge in [-0.1, -0.05) is 54.6 Å². The highest BCUT2D eigenvalue weighted by Gasteiger charge is 2.24. The van der Waals surface area contributed by atoms with Crippen LogP contribution in [0.1, 0.15) is 23.6 Å². The fourth-order valence-corrected chi connectivity index (χ4v) is 3.67. The Morgan fingerprint density at radius 1 is 1.06 bits per heavy atom. The van der Waals surface area contributed by atoms with Gasteiger partial charge in [-0.05, 0) is 37.6 Å². The average molecular weight is 436 g/mol. The Kier molecular flexibility index (Phi) is 7.27. The summed E-state index contributed by atoms with van der Waals surface area (Å²) >= 11 is 0. The van der Waals surface area contributed by atoms with Gasteiger partial charge in [0, 0.05) is 13.1 Å². The molecule has 2 aromatic carbocycles. The fourth-order valence-electron chi connectivity index (χ4n) is 3.67. The molecule has 1 amide bonds. The average Bonchev–Trinajstić information content (AvgIpc) is 2.76. The number of nitrogens with two attached hydrogens (primary N) is 1. The number of carbonyl (C=O) groups excluding carboxylic acids is 1. The molecule has 0 atom stereocenters. The van der Waals surface area contributed by atoms with Gasteiger partial charge in [-0.3, -0.25) is 24.0 Å². The highest BCUT2D eigenvalue weighted by atomic mass is 16.2. The van der Waals surface area contributed by atoms with E-state index in [1.165, 1.54) is 9.47 Å². The number of nitrogen functional groups attached to an aromatic ring is 1. The van der Waals surface area contributed by atoms with Crippen molar-refractivity contribution in [3.8, 4) is 0 Å². The van der Waals surface area contributed by atoms with E-state index in [0.29, 0.717) is 6.54 Å². The van der Waals surface area contributed by atoms with E-state index >= 15 is 0 Å². The first kappa shape index (κ1) is 23.0. The first-order chi connectivity index (χ1) is 15.3. The number of benzene rings is 2. The van der Waals surface area contributed by atoms with Crippen molar-refractivity contribution in [1.82, 2.24) is 14.5 Å². The number of nitrogens with zero attached hydrogens (tertiary/aromatic N) is 3. The van der Waals surface area contributed by atoms with Crippen LogP contribution in [0.4, 0.5) is 11.5 Å². The standard InChI is InChI=1S/C24H29N5O3/c1-4-28(20(30)16-27(3)15-19-13-9-8-10-17(19)2)21-22(25)29(24(32)26-23(21)31)14-18-11-6-5-7-12-18/h5-13H,4,14-16,25H2,1-3H3,(H,26,31,32). The summed E-state index contributed by atoms with van der Waals surface area (Å²) in [7, 11) is 1.85. The normalized spacial score (nSPS) is 11.0. The van der Waals surface area contributed by atoms with Crippen molar-refractivity contribution in [2.75, 3.05) is 30.8 Å². The maximum absolute atomic E-state index is 13.1. The molecular weight excluding hydrogens is 406 g/mol. The number of hydrogen-bond donors (Lipinski definition) is 2. The topological polar surface area (TPSA) is 104 Å². The Balaban J connectivity index is 1.86. The van der Waals surface area contributed by atoms with Crippen LogP contribution in [-0.2, 0) is 17.9 Å². The molecule has 0 saturated heterocycles. The van der Waals surface area contributed by atoms with Crippen LogP contribution in [-0.4, -0.2) is 40.5 Å². The highest BCUT2D eigenvalue weighted by molar-refractivity contribution is 5.96. The third-order valence-electron chi connectivity index (χ3n) is 5.39. The summed E-state index contributed by atoms with van der Waals surface area (Å²) in [6.07, 6.45) is 0. The highest BCUT2D eigenvalue weighted by Crippen LogP contribution is 2.18. The van der Waals surface area contributed by atoms with Gasteiger partial charge in [-0.2, -0.15) is 0 Å².